The van der Waals surface area contributed by atoms with Gasteiger partial charge >= 0.3 is 0 Å². The van der Waals surface area contributed by atoms with Crippen LogP contribution < -0.4 is 14.8 Å². The number of rotatable bonds is 9. The summed E-state index contributed by atoms with van der Waals surface area (Å²) in [5.74, 6) is -0.00806. The molecule has 1 heterocycles. The first-order valence-corrected chi connectivity index (χ1v) is 13.5. The third kappa shape index (κ3) is 6.68. The second-order valence-corrected chi connectivity index (χ2v) is 10.1. The number of halogens is 1. The number of ether oxygens (including phenoxy) is 2. The van der Waals surface area contributed by atoms with E-state index in [1.807, 2.05) is 42.7 Å². The molecule has 0 saturated carbocycles. The zero-order valence-electron chi connectivity index (χ0n) is 20.0. The smallest absolute Gasteiger partial charge is 0.294 e. The molecule has 1 aliphatic heterocycles. The number of anilines is 1. The van der Waals surface area contributed by atoms with Crippen LogP contribution in [-0.4, -0.2) is 41.9 Å². The van der Waals surface area contributed by atoms with Crippen LogP contribution in [0.3, 0.4) is 0 Å². The first-order chi connectivity index (χ1) is 17.9. The molecule has 1 aliphatic rings. The van der Waals surface area contributed by atoms with Gasteiger partial charge in [-0.15, -0.1) is 11.8 Å². The highest BCUT2D eigenvalue weighted by molar-refractivity contribution is 8.18. The number of hydrogen-bond donors (Lipinski definition) is 1. The fourth-order valence-corrected chi connectivity index (χ4v) is 4.98. The van der Waals surface area contributed by atoms with Crippen LogP contribution in [0.1, 0.15) is 11.1 Å². The van der Waals surface area contributed by atoms with Crippen LogP contribution in [0.2, 0.25) is 5.02 Å². The van der Waals surface area contributed by atoms with Crippen molar-refractivity contribution in [2.24, 2.45) is 0 Å². The molecule has 0 aliphatic carbocycles. The minimum Gasteiger partial charge on any atom is -0.493 e. The number of methoxy groups -OCH3 is 1. The average molecular weight is 555 g/mol. The van der Waals surface area contributed by atoms with Gasteiger partial charge in [-0.2, -0.15) is 0 Å². The van der Waals surface area contributed by atoms with Gasteiger partial charge in [0, 0.05) is 21.2 Å². The van der Waals surface area contributed by atoms with E-state index in [0.29, 0.717) is 27.8 Å². The summed E-state index contributed by atoms with van der Waals surface area (Å²) in [6.07, 6.45) is 3.52. The molecule has 0 unspecified atom stereocenters. The zero-order chi connectivity index (χ0) is 26.4. The summed E-state index contributed by atoms with van der Waals surface area (Å²) in [4.78, 5) is 40.0. The van der Waals surface area contributed by atoms with Crippen LogP contribution in [-0.2, 0) is 16.2 Å². The van der Waals surface area contributed by atoms with Crippen molar-refractivity contribution >= 4 is 63.9 Å². The Hall–Kier alpha value is -3.40. The first-order valence-electron chi connectivity index (χ1n) is 11.1. The third-order valence-electron chi connectivity index (χ3n) is 5.36. The molecule has 1 N–H and O–H groups in total. The molecule has 0 atom stereocenters. The second-order valence-electron chi connectivity index (χ2n) is 7.84. The summed E-state index contributed by atoms with van der Waals surface area (Å²) < 4.78 is 11.3. The largest absolute Gasteiger partial charge is 0.493 e. The topological polar surface area (TPSA) is 84.9 Å². The molecule has 190 valence electrons. The van der Waals surface area contributed by atoms with Gasteiger partial charge in [-0.1, -0.05) is 41.9 Å². The Morgan fingerprint density at radius 1 is 1.08 bits per heavy atom. The highest BCUT2D eigenvalue weighted by atomic mass is 35.5. The molecule has 7 nitrogen and oxygen atoms in total. The summed E-state index contributed by atoms with van der Waals surface area (Å²) in [7, 11) is 1.52. The summed E-state index contributed by atoms with van der Waals surface area (Å²) >= 11 is 8.53. The number of nitrogens with zero attached hydrogens (tertiary/aromatic N) is 1. The maximum absolute atomic E-state index is 12.9. The quantitative estimate of drug-likeness (QED) is 0.244. The Morgan fingerprint density at radius 3 is 2.65 bits per heavy atom. The van der Waals surface area contributed by atoms with E-state index in [1.165, 1.54) is 7.11 Å². The van der Waals surface area contributed by atoms with Crippen LogP contribution in [0.25, 0.3) is 6.08 Å². The second kappa shape index (κ2) is 12.2. The summed E-state index contributed by atoms with van der Waals surface area (Å²) in [6.45, 7) is -0.110. The summed E-state index contributed by atoms with van der Waals surface area (Å²) in [6, 6.07) is 19.9. The van der Waals surface area contributed by atoms with Crippen LogP contribution >= 0.6 is 35.1 Å². The van der Waals surface area contributed by atoms with E-state index in [0.717, 1.165) is 27.1 Å². The van der Waals surface area contributed by atoms with E-state index in [1.54, 1.807) is 48.2 Å². The lowest BCUT2D eigenvalue weighted by Gasteiger charge is -2.13. The predicted octanol–water partition coefficient (Wildman–Crippen LogP) is 6.32. The molecular formula is C27H23ClN2O5S2. The van der Waals surface area contributed by atoms with Gasteiger partial charge in [-0.3, -0.25) is 19.3 Å². The molecule has 37 heavy (non-hydrogen) atoms. The van der Waals surface area contributed by atoms with Gasteiger partial charge < -0.3 is 14.8 Å². The van der Waals surface area contributed by atoms with Gasteiger partial charge in [-0.25, -0.2) is 0 Å². The summed E-state index contributed by atoms with van der Waals surface area (Å²) in [5, 5.41) is 2.84. The maximum Gasteiger partial charge on any atom is 0.294 e. The SMILES string of the molecule is COc1cc(/C=C2/SC(=O)N(CC(=O)Nc3cccc(SC)c3)C2=O)ccc1OCc1ccccc1Cl. The number of benzene rings is 3. The Labute approximate surface area is 228 Å². The number of thioether (sulfide) groups is 2. The highest BCUT2D eigenvalue weighted by Gasteiger charge is 2.36. The fourth-order valence-electron chi connectivity index (χ4n) is 3.50. The maximum atomic E-state index is 12.9. The van der Waals surface area contributed by atoms with Crippen LogP contribution in [0, 0.1) is 0 Å². The first kappa shape index (κ1) is 26.7. The minimum absolute atomic E-state index is 0.217. The molecule has 0 radical (unpaired) electrons. The molecule has 3 aromatic rings. The van der Waals surface area contributed by atoms with Gasteiger partial charge in [0.25, 0.3) is 11.1 Å². The Balaban J connectivity index is 1.43. The molecule has 4 rings (SSSR count). The molecule has 0 bridgehead atoms. The number of amides is 3. The lowest BCUT2D eigenvalue weighted by atomic mass is 10.1. The number of carbonyl (C=O) groups is 3. The van der Waals surface area contributed by atoms with Crippen LogP contribution in [0.15, 0.2) is 76.5 Å². The number of carbonyl (C=O) groups excluding carboxylic acids is 3. The fraction of sp³-hybridized carbons (Fsp3) is 0.148. The van der Waals surface area contributed by atoms with Crippen molar-refractivity contribution in [3.63, 3.8) is 0 Å². The van der Waals surface area contributed by atoms with E-state index >= 15 is 0 Å². The van der Waals surface area contributed by atoms with Gasteiger partial charge in [0.05, 0.1) is 12.0 Å². The van der Waals surface area contributed by atoms with Crippen LogP contribution in [0.4, 0.5) is 10.5 Å². The Morgan fingerprint density at radius 2 is 1.89 bits per heavy atom. The van der Waals surface area contributed by atoms with Crippen molar-refractivity contribution in [3.8, 4) is 11.5 Å². The van der Waals surface area contributed by atoms with Crippen LogP contribution in [0.5, 0.6) is 11.5 Å². The lowest BCUT2D eigenvalue weighted by Crippen LogP contribution is -2.36. The molecule has 0 aromatic heterocycles. The van der Waals surface area contributed by atoms with Crippen molar-refractivity contribution in [2.45, 2.75) is 11.5 Å². The van der Waals surface area contributed by atoms with Gasteiger partial charge in [0.2, 0.25) is 5.91 Å². The van der Waals surface area contributed by atoms with E-state index in [4.69, 9.17) is 21.1 Å². The van der Waals surface area contributed by atoms with Crippen molar-refractivity contribution < 1.29 is 23.9 Å². The molecule has 1 fully saturated rings. The molecule has 10 heteroatoms. The standard InChI is InChI=1S/C27H23ClN2O5S2/c1-34-23-12-17(10-11-22(23)35-16-18-6-3-4-9-21(18)28)13-24-26(32)30(27(33)37-24)15-25(31)29-19-7-5-8-20(14-19)36-2/h3-14H,15-16H2,1-2H3,(H,29,31)/b24-13+. The molecule has 3 amide bonds. The van der Waals surface area contributed by atoms with Crippen molar-refractivity contribution in [2.75, 3.05) is 25.2 Å². The summed E-state index contributed by atoms with van der Waals surface area (Å²) in [5.41, 5.74) is 2.08. The number of hydrogen-bond acceptors (Lipinski definition) is 7. The molecule has 3 aromatic carbocycles. The predicted molar refractivity (Wildman–Crippen MR) is 148 cm³/mol. The molecule has 0 spiro atoms. The Bertz CT molecular complexity index is 1380. The van der Waals surface area contributed by atoms with Crippen molar-refractivity contribution in [1.82, 2.24) is 4.90 Å². The monoisotopic (exact) mass is 554 g/mol. The highest BCUT2D eigenvalue weighted by Crippen LogP contribution is 2.35. The Kier molecular flexibility index (Phi) is 8.81. The molecule has 1 saturated heterocycles. The molecular weight excluding hydrogens is 532 g/mol. The van der Waals surface area contributed by atoms with Gasteiger partial charge in [0.15, 0.2) is 11.5 Å². The number of nitrogens with one attached hydrogen (secondary N) is 1. The van der Waals surface area contributed by atoms with E-state index in [2.05, 4.69) is 5.32 Å². The van der Waals surface area contributed by atoms with E-state index in [9.17, 15) is 14.4 Å². The van der Waals surface area contributed by atoms with Gasteiger partial charge in [-0.05, 0) is 66.1 Å². The number of imide groups is 1. The lowest BCUT2D eigenvalue weighted by molar-refractivity contribution is -0.127. The third-order valence-corrected chi connectivity index (χ3v) is 7.36. The van der Waals surface area contributed by atoms with E-state index in [-0.39, 0.29) is 18.1 Å². The van der Waals surface area contributed by atoms with Crippen molar-refractivity contribution in [3.05, 3.63) is 87.8 Å². The van der Waals surface area contributed by atoms with E-state index < -0.39 is 17.1 Å². The zero-order valence-corrected chi connectivity index (χ0v) is 22.4. The normalized spacial score (nSPS) is 14.2. The minimum atomic E-state index is -0.527. The van der Waals surface area contributed by atoms with Gasteiger partial charge in [0.1, 0.15) is 13.2 Å². The van der Waals surface area contributed by atoms with Crippen molar-refractivity contribution in [1.29, 1.82) is 0 Å². The average Bonchev–Trinajstić information content (AvgIpc) is 3.15.